The third-order valence-corrected chi connectivity index (χ3v) is 2.09. The van der Waals surface area contributed by atoms with Gasteiger partial charge in [-0.15, -0.1) is 0 Å². The Morgan fingerprint density at radius 1 is 1.33 bits per heavy atom. The third kappa shape index (κ3) is 0.889. The third-order valence-electron chi connectivity index (χ3n) is 2.09. The van der Waals surface area contributed by atoms with Crippen LogP contribution in [0.3, 0.4) is 0 Å². The zero-order valence-corrected chi connectivity index (χ0v) is 6.01. The van der Waals surface area contributed by atoms with Crippen molar-refractivity contribution in [1.29, 1.82) is 0 Å². The van der Waals surface area contributed by atoms with Crippen LogP contribution in [-0.4, -0.2) is 11.6 Å². The summed E-state index contributed by atoms with van der Waals surface area (Å²) < 4.78 is 0. The maximum Gasteiger partial charge on any atom is 0.249 e. The topological polar surface area (TPSA) is 29.4 Å². The van der Waals surface area contributed by atoms with Gasteiger partial charge in [0.15, 0.2) is 0 Å². The van der Waals surface area contributed by atoms with Crippen LogP contribution in [0.2, 0.25) is 0 Å². The summed E-state index contributed by atoms with van der Waals surface area (Å²) in [7, 11) is 0. The minimum Gasteiger partial charge on any atom is -0.272 e. The lowest BCUT2D eigenvalue weighted by atomic mass is 9.95. The highest BCUT2D eigenvalue weighted by Gasteiger charge is 2.27. The van der Waals surface area contributed by atoms with Crippen LogP contribution in [0.4, 0.5) is 0 Å². The van der Waals surface area contributed by atoms with Gasteiger partial charge in [-0.1, -0.05) is 13.8 Å². The van der Waals surface area contributed by atoms with Crippen molar-refractivity contribution < 1.29 is 4.79 Å². The van der Waals surface area contributed by atoms with Gasteiger partial charge >= 0.3 is 0 Å². The standard InChI is InChI=1S/C7H11NO/c1-4-5(2)7(9)8-6(4)3/h4-5H,1-3H3/t4-,5-/m0/s1. The van der Waals surface area contributed by atoms with Gasteiger partial charge in [-0.05, 0) is 6.92 Å². The molecule has 0 unspecified atom stereocenters. The summed E-state index contributed by atoms with van der Waals surface area (Å²) in [6.45, 7) is 5.87. The van der Waals surface area contributed by atoms with Crippen LogP contribution in [0.15, 0.2) is 4.99 Å². The first kappa shape index (κ1) is 6.46. The Morgan fingerprint density at radius 3 is 2.00 bits per heavy atom. The summed E-state index contributed by atoms with van der Waals surface area (Å²) in [5, 5.41) is 0. The number of aliphatic imine (C=N–C) groups is 1. The molecular formula is C7H11NO. The first-order valence-corrected chi connectivity index (χ1v) is 3.22. The number of amides is 1. The Morgan fingerprint density at radius 2 is 1.89 bits per heavy atom. The van der Waals surface area contributed by atoms with E-state index in [-0.39, 0.29) is 11.8 Å². The van der Waals surface area contributed by atoms with Crippen molar-refractivity contribution in [1.82, 2.24) is 0 Å². The van der Waals surface area contributed by atoms with Gasteiger partial charge in [-0.3, -0.25) is 4.79 Å². The number of nitrogens with zero attached hydrogens (tertiary/aromatic N) is 1. The Balaban J connectivity index is 2.82. The summed E-state index contributed by atoms with van der Waals surface area (Å²) in [5.41, 5.74) is 0.979. The molecule has 1 aliphatic rings. The minimum absolute atomic E-state index is 0.0417. The molecule has 0 N–H and O–H groups in total. The normalized spacial score (nSPS) is 35.0. The summed E-state index contributed by atoms with van der Waals surface area (Å²) in [6, 6.07) is 0. The van der Waals surface area contributed by atoms with Crippen molar-refractivity contribution in [2.45, 2.75) is 20.8 Å². The molecule has 0 aromatic rings. The molecule has 50 valence electrons. The molecule has 0 radical (unpaired) electrons. The molecule has 2 nitrogen and oxygen atoms in total. The van der Waals surface area contributed by atoms with Crippen LogP contribution >= 0.6 is 0 Å². The predicted octanol–water partition coefficient (Wildman–Crippen LogP) is 1.26. The van der Waals surface area contributed by atoms with Gasteiger partial charge in [0.05, 0.1) is 0 Å². The zero-order chi connectivity index (χ0) is 7.02. The number of rotatable bonds is 0. The smallest absolute Gasteiger partial charge is 0.249 e. The highest BCUT2D eigenvalue weighted by atomic mass is 16.1. The molecule has 0 aromatic carbocycles. The average molecular weight is 125 g/mol. The van der Waals surface area contributed by atoms with Gasteiger partial charge in [-0.25, -0.2) is 4.99 Å². The average Bonchev–Trinajstić information content (AvgIpc) is 1.98. The van der Waals surface area contributed by atoms with Crippen LogP contribution in [0, 0.1) is 11.8 Å². The zero-order valence-electron chi connectivity index (χ0n) is 6.01. The molecule has 0 aromatic heterocycles. The SMILES string of the molecule is CC1=NC(=O)[C@@H](C)[C@@H]1C. The molecule has 2 heteroatoms. The number of carbonyl (C=O) groups excluding carboxylic acids is 1. The Labute approximate surface area is 55.0 Å². The van der Waals surface area contributed by atoms with Crippen molar-refractivity contribution in [3.05, 3.63) is 0 Å². The number of hydrogen-bond donors (Lipinski definition) is 0. The lowest BCUT2D eigenvalue weighted by Gasteiger charge is -2.05. The van der Waals surface area contributed by atoms with Crippen molar-refractivity contribution in [3.8, 4) is 0 Å². The van der Waals surface area contributed by atoms with Crippen LogP contribution in [0.25, 0.3) is 0 Å². The first-order valence-electron chi connectivity index (χ1n) is 3.22. The summed E-state index contributed by atoms with van der Waals surface area (Å²) in [5.74, 6) is 0.516. The Hall–Kier alpha value is -0.660. The van der Waals surface area contributed by atoms with Crippen molar-refractivity contribution in [3.63, 3.8) is 0 Å². The Bertz CT molecular complexity index is 172. The second-order valence-electron chi connectivity index (χ2n) is 2.67. The maximum atomic E-state index is 10.8. The number of carbonyl (C=O) groups is 1. The fraction of sp³-hybridized carbons (Fsp3) is 0.714. The van der Waals surface area contributed by atoms with E-state index in [0.717, 1.165) is 5.71 Å². The van der Waals surface area contributed by atoms with E-state index in [2.05, 4.69) is 4.99 Å². The molecular weight excluding hydrogens is 114 g/mol. The molecule has 0 fully saturated rings. The lowest BCUT2D eigenvalue weighted by molar-refractivity contribution is -0.120. The van der Waals surface area contributed by atoms with Crippen LogP contribution in [0.5, 0.6) is 0 Å². The van der Waals surface area contributed by atoms with E-state index in [1.165, 1.54) is 0 Å². The lowest BCUT2D eigenvalue weighted by Crippen LogP contribution is -2.12. The van der Waals surface area contributed by atoms with E-state index in [4.69, 9.17) is 0 Å². The quantitative estimate of drug-likeness (QED) is 0.479. The molecule has 0 saturated heterocycles. The van der Waals surface area contributed by atoms with E-state index in [0.29, 0.717) is 5.92 Å². The fourth-order valence-corrected chi connectivity index (χ4v) is 0.953. The van der Waals surface area contributed by atoms with Crippen LogP contribution in [0.1, 0.15) is 20.8 Å². The molecule has 1 rings (SSSR count). The second kappa shape index (κ2) is 1.94. The molecule has 2 atom stereocenters. The summed E-state index contributed by atoms with van der Waals surface area (Å²) in [4.78, 5) is 14.6. The molecule has 0 bridgehead atoms. The largest absolute Gasteiger partial charge is 0.272 e. The van der Waals surface area contributed by atoms with Crippen LogP contribution < -0.4 is 0 Å². The van der Waals surface area contributed by atoms with E-state index in [1.54, 1.807) is 0 Å². The second-order valence-corrected chi connectivity index (χ2v) is 2.67. The minimum atomic E-state index is 0.0417. The van der Waals surface area contributed by atoms with Crippen LogP contribution in [-0.2, 0) is 4.79 Å². The van der Waals surface area contributed by atoms with E-state index < -0.39 is 0 Å². The molecule has 1 amide bonds. The molecule has 0 aliphatic carbocycles. The highest BCUT2D eigenvalue weighted by Crippen LogP contribution is 2.20. The fourth-order valence-electron chi connectivity index (χ4n) is 0.953. The van der Waals surface area contributed by atoms with Crippen molar-refractivity contribution in [2.24, 2.45) is 16.8 Å². The highest BCUT2D eigenvalue weighted by molar-refractivity contribution is 6.03. The first-order chi connectivity index (χ1) is 4.13. The van der Waals surface area contributed by atoms with Gasteiger partial charge in [0.1, 0.15) is 0 Å². The number of hydrogen-bond acceptors (Lipinski definition) is 1. The van der Waals surface area contributed by atoms with Gasteiger partial charge < -0.3 is 0 Å². The molecule has 0 saturated carbocycles. The van der Waals surface area contributed by atoms with Gasteiger partial charge in [0.25, 0.3) is 0 Å². The van der Waals surface area contributed by atoms with Gasteiger partial charge in [-0.2, -0.15) is 0 Å². The van der Waals surface area contributed by atoms with E-state index in [1.807, 2.05) is 20.8 Å². The van der Waals surface area contributed by atoms with E-state index >= 15 is 0 Å². The molecule has 0 spiro atoms. The van der Waals surface area contributed by atoms with Gasteiger partial charge in [0, 0.05) is 17.5 Å². The van der Waals surface area contributed by atoms with Crippen molar-refractivity contribution in [2.75, 3.05) is 0 Å². The van der Waals surface area contributed by atoms with Crippen molar-refractivity contribution >= 4 is 11.6 Å². The molecule has 9 heavy (non-hydrogen) atoms. The summed E-state index contributed by atoms with van der Waals surface area (Å²) in [6.07, 6.45) is 0. The molecule has 1 heterocycles. The monoisotopic (exact) mass is 125 g/mol. The predicted molar refractivity (Wildman–Crippen MR) is 36.4 cm³/mol. The molecule has 1 aliphatic heterocycles. The van der Waals surface area contributed by atoms with E-state index in [9.17, 15) is 4.79 Å². The summed E-state index contributed by atoms with van der Waals surface area (Å²) >= 11 is 0. The van der Waals surface area contributed by atoms with Gasteiger partial charge in [0.2, 0.25) is 5.91 Å². The Kier molecular flexibility index (Phi) is 1.39. The maximum absolute atomic E-state index is 10.8.